The van der Waals surface area contributed by atoms with Gasteiger partial charge in [-0.05, 0) is 46.3 Å². The third-order valence-electron chi connectivity index (χ3n) is 3.06. The lowest BCUT2D eigenvalue weighted by Crippen LogP contribution is -2.30. The Bertz CT molecular complexity index is 742. The summed E-state index contributed by atoms with van der Waals surface area (Å²) in [7, 11) is 7.21. The molecule has 122 valence electrons. The number of benzene rings is 2. The number of halogens is 1. The smallest absolute Gasteiger partial charge is 0.325 e. The maximum absolute atomic E-state index is 12.0. The van der Waals surface area contributed by atoms with Gasteiger partial charge in [-0.15, -0.1) is 0 Å². The Labute approximate surface area is 148 Å². The van der Waals surface area contributed by atoms with Crippen LogP contribution in [0.4, 0.5) is 5.69 Å². The van der Waals surface area contributed by atoms with E-state index in [4.69, 9.17) is 18.3 Å². The summed E-state index contributed by atoms with van der Waals surface area (Å²) in [5.41, 5.74) is 6.80. The molecule has 0 aliphatic carbocycles. The number of nitrogens with two attached hydrogens (primary N) is 1. The third-order valence-corrected chi connectivity index (χ3v) is 3.64. The molecular weight excluding hydrogens is 375 g/mol. The number of methoxy groups -OCH3 is 1. The lowest BCUT2D eigenvalue weighted by Gasteiger charge is -2.13. The first kappa shape index (κ1) is 17.9. The highest BCUT2D eigenvalue weighted by Gasteiger charge is 2.14. The second-order valence-electron chi connectivity index (χ2n) is 4.81. The van der Waals surface area contributed by atoms with Crippen LogP contribution in [0.2, 0.25) is 0 Å². The summed E-state index contributed by atoms with van der Waals surface area (Å²) in [6.45, 7) is -0.226. The summed E-state index contributed by atoms with van der Waals surface area (Å²) in [5, 5.41) is 2.43. The zero-order chi connectivity index (χ0) is 17.7. The summed E-state index contributed by atoms with van der Waals surface area (Å²) >= 11 is 3.33. The van der Waals surface area contributed by atoms with Gasteiger partial charge in [0.05, 0.1) is 11.6 Å². The van der Waals surface area contributed by atoms with Crippen LogP contribution in [-0.2, 0) is 9.53 Å². The molecule has 0 aliphatic heterocycles. The molecule has 0 spiro atoms. The molecule has 24 heavy (non-hydrogen) atoms. The SMILES string of the molecule is [B]c1cc(C(=O)NCC(=O)OC)cc(Br)c1Oc1ccc(N)cc1. The van der Waals surface area contributed by atoms with Crippen LogP contribution in [0, 0.1) is 0 Å². The molecule has 2 aromatic carbocycles. The number of nitrogens with one attached hydrogen (secondary N) is 1. The molecule has 0 atom stereocenters. The quantitative estimate of drug-likeness (QED) is 0.460. The van der Waals surface area contributed by atoms with Crippen LogP contribution < -0.4 is 21.3 Å². The first-order valence-electron chi connectivity index (χ1n) is 6.88. The Kier molecular flexibility index (Phi) is 5.86. The van der Waals surface area contributed by atoms with Crippen LogP contribution in [0.25, 0.3) is 0 Å². The first-order chi connectivity index (χ1) is 11.4. The van der Waals surface area contributed by atoms with Crippen molar-refractivity contribution in [3.8, 4) is 11.5 Å². The number of amides is 1. The van der Waals surface area contributed by atoms with Crippen molar-refractivity contribution in [3.05, 3.63) is 46.4 Å². The molecule has 1 amide bonds. The molecule has 3 N–H and O–H groups in total. The fraction of sp³-hybridized carbons (Fsp3) is 0.125. The summed E-state index contributed by atoms with van der Waals surface area (Å²) in [6.07, 6.45) is 0. The van der Waals surface area contributed by atoms with Crippen LogP contribution in [0.3, 0.4) is 0 Å². The van der Waals surface area contributed by atoms with Gasteiger partial charge in [0.25, 0.3) is 5.91 Å². The van der Waals surface area contributed by atoms with Crippen molar-refractivity contribution in [2.75, 3.05) is 19.4 Å². The van der Waals surface area contributed by atoms with Gasteiger partial charge in [0.15, 0.2) is 0 Å². The van der Waals surface area contributed by atoms with E-state index in [1.807, 2.05) is 0 Å². The fourth-order valence-electron chi connectivity index (χ4n) is 1.83. The highest BCUT2D eigenvalue weighted by molar-refractivity contribution is 9.10. The monoisotopic (exact) mass is 388 g/mol. The number of carbonyl (C=O) groups is 2. The van der Waals surface area contributed by atoms with E-state index in [1.54, 1.807) is 30.3 Å². The van der Waals surface area contributed by atoms with Gasteiger partial charge in [0.2, 0.25) is 0 Å². The molecule has 0 heterocycles. The van der Waals surface area contributed by atoms with Gasteiger partial charge in [0, 0.05) is 11.3 Å². The molecule has 0 fully saturated rings. The van der Waals surface area contributed by atoms with Crippen LogP contribution in [0.1, 0.15) is 10.4 Å². The average molecular weight is 389 g/mol. The predicted octanol–water partition coefficient (Wildman–Crippen LogP) is 1.52. The second kappa shape index (κ2) is 7.87. The minimum Gasteiger partial charge on any atom is -0.468 e. The minimum absolute atomic E-state index is 0.226. The maximum Gasteiger partial charge on any atom is 0.325 e. The lowest BCUT2D eigenvalue weighted by molar-refractivity contribution is -0.139. The lowest BCUT2D eigenvalue weighted by atomic mass is 9.93. The van der Waals surface area contributed by atoms with E-state index in [-0.39, 0.29) is 17.6 Å². The Morgan fingerprint density at radius 1 is 1.25 bits per heavy atom. The van der Waals surface area contributed by atoms with Crippen molar-refractivity contribution in [1.29, 1.82) is 0 Å². The van der Waals surface area contributed by atoms with E-state index < -0.39 is 11.9 Å². The molecule has 0 bridgehead atoms. The highest BCUT2D eigenvalue weighted by atomic mass is 79.9. The number of nitrogen functional groups attached to an aromatic ring is 1. The number of rotatable bonds is 5. The van der Waals surface area contributed by atoms with Crippen molar-refractivity contribution < 1.29 is 19.1 Å². The molecule has 0 saturated carbocycles. The molecule has 2 aromatic rings. The van der Waals surface area contributed by atoms with E-state index in [2.05, 4.69) is 26.0 Å². The van der Waals surface area contributed by atoms with E-state index in [0.29, 0.717) is 21.7 Å². The van der Waals surface area contributed by atoms with Gasteiger partial charge in [-0.3, -0.25) is 9.59 Å². The maximum atomic E-state index is 12.0. The van der Waals surface area contributed by atoms with Crippen molar-refractivity contribution >= 4 is 46.8 Å². The van der Waals surface area contributed by atoms with Crippen LogP contribution in [-0.4, -0.2) is 33.4 Å². The minimum atomic E-state index is -0.543. The van der Waals surface area contributed by atoms with Gasteiger partial charge >= 0.3 is 5.97 Å². The van der Waals surface area contributed by atoms with Crippen molar-refractivity contribution in [1.82, 2.24) is 5.32 Å². The van der Waals surface area contributed by atoms with Crippen molar-refractivity contribution in [2.24, 2.45) is 0 Å². The summed E-state index contributed by atoms with van der Waals surface area (Å²) in [5.74, 6) is -0.0608. The summed E-state index contributed by atoms with van der Waals surface area (Å²) < 4.78 is 10.7. The first-order valence-corrected chi connectivity index (χ1v) is 7.67. The molecule has 2 radical (unpaired) electrons. The topological polar surface area (TPSA) is 90.7 Å². The van der Waals surface area contributed by atoms with E-state index in [0.717, 1.165) is 0 Å². The standard InChI is InChI=1S/C16H14BBrN2O4/c1-23-14(21)8-20-16(22)9-6-12(17)15(13(18)7-9)24-11-4-2-10(19)3-5-11/h2-7H,8,19H2,1H3,(H,20,22). The molecule has 0 aliphatic rings. The molecular formula is C16H14BBrN2O4. The Hall–Kier alpha value is -2.48. The number of anilines is 1. The second-order valence-corrected chi connectivity index (χ2v) is 5.66. The van der Waals surface area contributed by atoms with E-state index in [1.165, 1.54) is 13.2 Å². The predicted molar refractivity (Wildman–Crippen MR) is 94.8 cm³/mol. The highest BCUT2D eigenvalue weighted by Crippen LogP contribution is 2.29. The van der Waals surface area contributed by atoms with Gasteiger partial charge < -0.3 is 20.5 Å². The molecule has 0 unspecified atom stereocenters. The molecule has 0 aromatic heterocycles. The Morgan fingerprint density at radius 3 is 2.50 bits per heavy atom. The van der Waals surface area contributed by atoms with Crippen LogP contribution in [0.15, 0.2) is 40.9 Å². The zero-order valence-electron chi connectivity index (χ0n) is 12.8. The van der Waals surface area contributed by atoms with Crippen LogP contribution >= 0.6 is 15.9 Å². The third kappa shape index (κ3) is 4.51. The molecule has 0 saturated heterocycles. The molecule has 8 heteroatoms. The number of esters is 1. The van der Waals surface area contributed by atoms with Gasteiger partial charge in [-0.1, -0.05) is 11.5 Å². The molecule has 6 nitrogen and oxygen atoms in total. The number of hydrogen-bond donors (Lipinski definition) is 2. The van der Waals surface area contributed by atoms with Gasteiger partial charge in [-0.25, -0.2) is 0 Å². The normalized spacial score (nSPS) is 10.1. The number of carbonyl (C=O) groups excluding carboxylic acids is 2. The summed E-state index contributed by atoms with van der Waals surface area (Å²) in [6, 6.07) is 9.83. The van der Waals surface area contributed by atoms with E-state index >= 15 is 0 Å². The average Bonchev–Trinajstić information content (AvgIpc) is 2.57. The number of hydrogen-bond acceptors (Lipinski definition) is 5. The van der Waals surface area contributed by atoms with E-state index in [9.17, 15) is 9.59 Å². The zero-order valence-corrected chi connectivity index (χ0v) is 14.4. The van der Waals surface area contributed by atoms with Gasteiger partial charge in [-0.2, -0.15) is 0 Å². The molecule has 2 rings (SSSR count). The Morgan fingerprint density at radius 2 is 1.92 bits per heavy atom. The van der Waals surface area contributed by atoms with Gasteiger partial charge in [0.1, 0.15) is 25.9 Å². The largest absolute Gasteiger partial charge is 0.468 e. The summed E-state index contributed by atoms with van der Waals surface area (Å²) in [4.78, 5) is 23.1. The van der Waals surface area contributed by atoms with Crippen molar-refractivity contribution in [2.45, 2.75) is 0 Å². The Balaban J connectivity index is 2.17. The fourth-order valence-corrected chi connectivity index (χ4v) is 2.39. The van der Waals surface area contributed by atoms with Crippen molar-refractivity contribution in [3.63, 3.8) is 0 Å². The van der Waals surface area contributed by atoms with Crippen LogP contribution in [0.5, 0.6) is 11.5 Å². The number of ether oxygens (including phenoxy) is 2.